The molecule has 4 N–H and O–H groups in total. The lowest BCUT2D eigenvalue weighted by Gasteiger charge is -2.17. The number of carbonyl (C=O) groups excluding carboxylic acids is 2. The van der Waals surface area contributed by atoms with Gasteiger partial charge in [0.2, 0.25) is 5.91 Å². The maximum Gasteiger partial charge on any atom is 0.408 e. The molecule has 22 heavy (non-hydrogen) atoms. The van der Waals surface area contributed by atoms with Crippen LogP contribution < -0.4 is 10.6 Å². The predicted octanol–water partition coefficient (Wildman–Crippen LogP) is 0.943. The van der Waals surface area contributed by atoms with Crippen molar-refractivity contribution in [2.24, 2.45) is 0 Å². The van der Waals surface area contributed by atoms with Crippen LogP contribution in [0.1, 0.15) is 18.9 Å². The van der Waals surface area contributed by atoms with Gasteiger partial charge in [-0.15, -0.1) is 0 Å². The normalized spacial score (nSPS) is 12.3. The first-order valence-electron chi connectivity index (χ1n) is 6.61. The zero-order valence-electron chi connectivity index (χ0n) is 12.1. The fourth-order valence-electron chi connectivity index (χ4n) is 1.56. The second-order valence-electron chi connectivity index (χ2n) is 4.53. The number of alkyl carbamates (subject to hydrolysis) is 1. The molecule has 122 valence electrons. The van der Waals surface area contributed by atoms with Crippen LogP contribution in [0, 0.1) is 0 Å². The highest BCUT2D eigenvalue weighted by Gasteiger charge is 2.22. The van der Waals surface area contributed by atoms with Crippen LogP contribution in [0.5, 0.6) is 0 Å². The van der Waals surface area contributed by atoms with Crippen molar-refractivity contribution in [3.8, 4) is 0 Å². The molecule has 0 heterocycles. The number of hydrogen-bond donors (Lipinski definition) is 4. The summed E-state index contributed by atoms with van der Waals surface area (Å²) in [7, 11) is -4.33. The highest BCUT2D eigenvalue weighted by atomic mass is 31.2. The third kappa shape index (κ3) is 7.21. The van der Waals surface area contributed by atoms with Gasteiger partial charge >= 0.3 is 13.7 Å². The molecule has 0 saturated heterocycles. The molecule has 0 bridgehead atoms. The lowest BCUT2D eigenvalue weighted by atomic mass is 10.2. The van der Waals surface area contributed by atoms with Crippen molar-refractivity contribution in [2.75, 3.05) is 6.29 Å². The Morgan fingerprint density at radius 2 is 1.91 bits per heavy atom. The van der Waals surface area contributed by atoms with Crippen molar-refractivity contribution in [3.63, 3.8) is 0 Å². The van der Waals surface area contributed by atoms with Crippen molar-refractivity contribution >= 4 is 19.6 Å². The molecule has 1 aromatic rings. The second-order valence-corrected chi connectivity index (χ2v) is 6.18. The zero-order chi connectivity index (χ0) is 16.6. The van der Waals surface area contributed by atoms with Gasteiger partial charge in [0.25, 0.3) is 0 Å². The molecule has 0 aliphatic carbocycles. The topological polar surface area (TPSA) is 125 Å². The van der Waals surface area contributed by atoms with E-state index >= 15 is 0 Å². The summed E-state index contributed by atoms with van der Waals surface area (Å²) in [5.41, 5.74) is 0.802. The van der Waals surface area contributed by atoms with E-state index in [-0.39, 0.29) is 13.0 Å². The monoisotopic (exact) mass is 330 g/mol. The van der Waals surface area contributed by atoms with E-state index in [2.05, 4.69) is 10.6 Å². The van der Waals surface area contributed by atoms with Gasteiger partial charge in [-0.1, -0.05) is 37.3 Å². The van der Waals surface area contributed by atoms with Crippen molar-refractivity contribution in [3.05, 3.63) is 35.9 Å². The molecule has 0 aromatic heterocycles. The summed E-state index contributed by atoms with van der Waals surface area (Å²) in [5, 5.41) is 4.43. The molecular formula is C13H19N2O6P. The van der Waals surface area contributed by atoms with E-state index in [4.69, 9.17) is 14.5 Å². The van der Waals surface area contributed by atoms with Gasteiger partial charge in [-0.2, -0.15) is 0 Å². The number of benzene rings is 1. The molecular weight excluding hydrogens is 311 g/mol. The SMILES string of the molecule is CCC(NC(=O)OCc1ccccc1)C(=O)NCP(=O)(O)O. The third-order valence-corrected chi connectivity index (χ3v) is 3.26. The summed E-state index contributed by atoms with van der Waals surface area (Å²) < 4.78 is 15.7. The van der Waals surface area contributed by atoms with Gasteiger partial charge in [-0.3, -0.25) is 9.36 Å². The molecule has 0 aliphatic rings. The predicted molar refractivity (Wildman–Crippen MR) is 78.9 cm³/mol. The van der Waals surface area contributed by atoms with Crippen LogP contribution >= 0.6 is 7.60 Å². The summed E-state index contributed by atoms with van der Waals surface area (Å²) in [6, 6.07) is 8.10. The average molecular weight is 330 g/mol. The van der Waals surface area contributed by atoms with Crippen LogP contribution in [0.4, 0.5) is 4.79 Å². The molecule has 0 saturated carbocycles. The molecule has 1 aromatic carbocycles. The molecule has 0 aliphatic heterocycles. The van der Waals surface area contributed by atoms with Crippen LogP contribution in [0.3, 0.4) is 0 Å². The molecule has 1 atom stereocenters. The van der Waals surface area contributed by atoms with Crippen LogP contribution in [0.2, 0.25) is 0 Å². The van der Waals surface area contributed by atoms with Crippen LogP contribution in [0.25, 0.3) is 0 Å². The fourth-order valence-corrected chi connectivity index (χ4v) is 1.93. The Hall–Kier alpha value is -1.89. The lowest BCUT2D eigenvalue weighted by Crippen LogP contribution is -2.46. The summed E-state index contributed by atoms with van der Waals surface area (Å²) in [5.74, 6) is -0.678. The Morgan fingerprint density at radius 1 is 1.27 bits per heavy atom. The highest BCUT2D eigenvalue weighted by Crippen LogP contribution is 2.31. The Kier molecular flexibility index (Phi) is 7.04. The Morgan fingerprint density at radius 3 is 2.45 bits per heavy atom. The quantitative estimate of drug-likeness (QED) is 0.552. The number of amides is 2. The molecule has 0 spiro atoms. The van der Waals surface area contributed by atoms with E-state index in [1.165, 1.54) is 0 Å². The van der Waals surface area contributed by atoms with Crippen molar-refractivity contribution in [1.29, 1.82) is 0 Å². The average Bonchev–Trinajstić information content (AvgIpc) is 2.48. The van der Waals surface area contributed by atoms with E-state index < -0.39 is 31.9 Å². The minimum atomic E-state index is -4.33. The minimum Gasteiger partial charge on any atom is -0.445 e. The molecule has 1 rings (SSSR count). The molecule has 0 fully saturated rings. The maximum absolute atomic E-state index is 11.7. The smallest absolute Gasteiger partial charge is 0.408 e. The van der Waals surface area contributed by atoms with E-state index in [0.29, 0.717) is 0 Å². The molecule has 9 heteroatoms. The summed E-state index contributed by atoms with van der Waals surface area (Å²) in [6.07, 6.45) is -1.29. The lowest BCUT2D eigenvalue weighted by molar-refractivity contribution is -0.122. The van der Waals surface area contributed by atoms with Crippen LogP contribution in [-0.2, 0) is 20.7 Å². The molecule has 2 amide bonds. The molecule has 8 nitrogen and oxygen atoms in total. The van der Waals surface area contributed by atoms with Crippen molar-refractivity contribution in [1.82, 2.24) is 10.6 Å². The second kappa shape index (κ2) is 8.53. The summed E-state index contributed by atoms with van der Waals surface area (Å²) in [4.78, 5) is 40.7. The van der Waals surface area contributed by atoms with Crippen molar-refractivity contribution in [2.45, 2.75) is 26.0 Å². The number of rotatable bonds is 7. The van der Waals surface area contributed by atoms with E-state index in [9.17, 15) is 14.2 Å². The minimum absolute atomic E-state index is 0.0627. The van der Waals surface area contributed by atoms with E-state index in [1.807, 2.05) is 6.07 Å². The first-order chi connectivity index (χ1) is 10.3. The summed E-state index contributed by atoms with van der Waals surface area (Å²) in [6.45, 7) is 1.71. The number of hydrogen-bond acceptors (Lipinski definition) is 4. The first-order valence-corrected chi connectivity index (χ1v) is 8.41. The zero-order valence-corrected chi connectivity index (χ0v) is 13.0. The van der Waals surface area contributed by atoms with Gasteiger partial charge in [-0.05, 0) is 12.0 Å². The van der Waals surface area contributed by atoms with Crippen molar-refractivity contribution < 1.29 is 28.7 Å². The standard InChI is InChI=1S/C13H19N2O6P/c1-2-11(12(16)14-9-22(18,19)20)15-13(17)21-8-10-6-4-3-5-7-10/h3-7,11H,2,8-9H2,1H3,(H,14,16)(H,15,17)(H2,18,19,20). The number of nitrogens with one attached hydrogen (secondary N) is 2. The van der Waals surface area contributed by atoms with Gasteiger partial charge in [-0.25, -0.2) is 4.79 Å². The largest absolute Gasteiger partial charge is 0.445 e. The Balaban J connectivity index is 2.42. The maximum atomic E-state index is 11.7. The number of ether oxygens (including phenoxy) is 1. The number of carbonyl (C=O) groups is 2. The van der Waals surface area contributed by atoms with Gasteiger partial charge in [0.1, 0.15) is 18.9 Å². The van der Waals surface area contributed by atoms with E-state index in [1.54, 1.807) is 31.2 Å². The van der Waals surface area contributed by atoms with Crippen LogP contribution in [0.15, 0.2) is 30.3 Å². The summed E-state index contributed by atoms with van der Waals surface area (Å²) >= 11 is 0. The van der Waals surface area contributed by atoms with Gasteiger partial charge in [0.15, 0.2) is 0 Å². The highest BCUT2D eigenvalue weighted by molar-refractivity contribution is 7.51. The van der Waals surface area contributed by atoms with Gasteiger partial charge in [0.05, 0.1) is 0 Å². The molecule has 0 radical (unpaired) electrons. The van der Waals surface area contributed by atoms with E-state index in [0.717, 1.165) is 5.56 Å². The van der Waals surface area contributed by atoms with Gasteiger partial charge in [0, 0.05) is 0 Å². The van der Waals surface area contributed by atoms with Crippen LogP contribution in [-0.4, -0.2) is 34.1 Å². The first kappa shape index (κ1) is 18.2. The third-order valence-electron chi connectivity index (χ3n) is 2.69. The molecule has 1 unspecified atom stereocenters. The van der Waals surface area contributed by atoms with Gasteiger partial charge < -0.3 is 25.2 Å². The Labute approximate surface area is 128 Å². The Bertz CT molecular complexity index is 545. The fraction of sp³-hybridized carbons (Fsp3) is 0.385.